The lowest BCUT2D eigenvalue weighted by Crippen LogP contribution is -2.14. The average Bonchev–Trinajstić information content (AvgIpc) is 3.13. The minimum absolute atomic E-state index is 0.301. The quantitative estimate of drug-likeness (QED) is 0.584. The number of amides is 1. The van der Waals surface area contributed by atoms with Crippen LogP contribution in [0.4, 0.5) is 5.82 Å². The summed E-state index contributed by atoms with van der Waals surface area (Å²) in [7, 11) is 3.55. The van der Waals surface area contributed by atoms with E-state index < -0.39 is 5.91 Å². The fourth-order valence-electron chi connectivity index (χ4n) is 3.86. The Labute approximate surface area is 156 Å². The normalized spacial score (nSPS) is 11.4. The Morgan fingerprint density at radius 2 is 1.93 bits per heavy atom. The number of methoxy groups -OCH3 is 1. The smallest absolute Gasteiger partial charge is 0.253 e. The number of aromatic nitrogens is 3. The van der Waals surface area contributed by atoms with Crippen LogP contribution in [-0.4, -0.2) is 27.1 Å². The number of nitrogens with zero attached hydrogens (tertiary/aromatic N) is 3. The molecule has 1 amide bonds. The summed E-state index contributed by atoms with van der Waals surface area (Å²) in [6.45, 7) is 3.96. The zero-order valence-corrected chi connectivity index (χ0v) is 15.7. The maximum absolute atomic E-state index is 12.2. The predicted octanol–water partition coefficient (Wildman–Crippen LogP) is 2.82. The Bertz CT molecular complexity index is 1230. The molecule has 0 aliphatic carbocycles. The molecule has 0 bridgehead atoms. The van der Waals surface area contributed by atoms with Crippen LogP contribution in [0.5, 0.6) is 5.75 Å². The second kappa shape index (κ2) is 5.77. The van der Waals surface area contributed by atoms with Gasteiger partial charge in [0.1, 0.15) is 17.1 Å². The van der Waals surface area contributed by atoms with E-state index in [-0.39, 0.29) is 0 Å². The molecule has 2 aromatic heterocycles. The molecule has 0 unspecified atom stereocenters. The van der Waals surface area contributed by atoms with Gasteiger partial charge in [0, 0.05) is 18.0 Å². The Hall–Kier alpha value is -3.48. The molecular formula is C20H21N5O2. The summed E-state index contributed by atoms with van der Waals surface area (Å²) in [5.41, 5.74) is 17.7. The highest BCUT2D eigenvalue weighted by molar-refractivity contribution is 6.17. The third-order valence-corrected chi connectivity index (χ3v) is 5.13. The molecule has 27 heavy (non-hydrogen) atoms. The number of ether oxygens (including phenoxy) is 1. The maximum Gasteiger partial charge on any atom is 0.253 e. The van der Waals surface area contributed by atoms with E-state index in [4.69, 9.17) is 16.2 Å². The minimum Gasteiger partial charge on any atom is -0.496 e. The molecular weight excluding hydrogens is 342 g/mol. The van der Waals surface area contributed by atoms with E-state index in [1.807, 2.05) is 54.3 Å². The Morgan fingerprint density at radius 3 is 2.59 bits per heavy atom. The summed E-state index contributed by atoms with van der Waals surface area (Å²) in [4.78, 5) is 16.7. The number of nitrogens with two attached hydrogens (primary N) is 2. The standard InChI is InChI=1S/C20H21N5O2/c1-10-5-8-14(27-4)11(2)17(10)25-18-12(15(19(25)21)20(22)26)6-7-13-16(18)23-9-24(13)3/h5-9H,21H2,1-4H3,(H2,22,26). The number of nitrogen functional groups attached to an aromatic ring is 1. The number of imidazole rings is 1. The van der Waals surface area contributed by atoms with Crippen LogP contribution >= 0.6 is 0 Å². The van der Waals surface area contributed by atoms with Gasteiger partial charge in [0.2, 0.25) is 0 Å². The molecule has 0 atom stereocenters. The van der Waals surface area contributed by atoms with Gasteiger partial charge in [-0.1, -0.05) is 6.07 Å². The van der Waals surface area contributed by atoms with Crippen LogP contribution in [0.2, 0.25) is 0 Å². The van der Waals surface area contributed by atoms with Gasteiger partial charge in [-0.3, -0.25) is 9.36 Å². The largest absolute Gasteiger partial charge is 0.496 e. The van der Waals surface area contributed by atoms with E-state index in [1.165, 1.54) is 0 Å². The number of primary amides is 1. The Balaban J connectivity index is 2.27. The van der Waals surface area contributed by atoms with Crippen molar-refractivity contribution in [1.29, 1.82) is 0 Å². The molecule has 7 heteroatoms. The molecule has 0 saturated carbocycles. The molecule has 0 spiro atoms. The molecule has 7 nitrogen and oxygen atoms in total. The van der Waals surface area contributed by atoms with Gasteiger partial charge in [0.15, 0.2) is 0 Å². The second-order valence-electron chi connectivity index (χ2n) is 6.70. The van der Waals surface area contributed by atoms with Crippen molar-refractivity contribution in [3.63, 3.8) is 0 Å². The minimum atomic E-state index is -0.565. The van der Waals surface area contributed by atoms with Gasteiger partial charge in [-0.15, -0.1) is 0 Å². The lowest BCUT2D eigenvalue weighted by molar-refractivity contribution is 0.100. The highest BCUT2D eigenvalue weighted by Crippen LogP contribution is 2.39. The SMILES string of the molecule is COc1ccc(C)c(-n2c(N)c(C(N)=O)c3ccc4c(ncn4C)c32)c1C. The van der Waals surface area contributed by atoms with E-state index in [0.717, 1.165) is 39.1 Å². The van der Waals surface area contributed by atoms with Gasteiger partial charge >= 0.3 is 0 Å². The summed E-state index contributed by atoms with van der Waals surface area (Å²) in [6.07, 6.45) is 1.74. The highest BCUT2D eigenvalue weighted by atomic mass is 16.5. The van der Waals surface area contributed by atoms with Gasteiger partial charge in [-0.2, -0.15) is 0 Å². The van der Waals surface area contributed by atoms with Gasteiger partial charge in [-0.05, 0) is 37.6 Å². The lowest BCUT2D eigenvalue weighted by Gasteiger charge is -2.17. The average molecular weight is 363 g/mol. The van der Waals surface area contributed by atoms with Crippen molar-refractivity contribution < 1.29 is 9.53 Å². The number of fused-ring (bicyclic) bond motifs is 3. The number of benzene rings is 2. The second-order valence-corrected chi connectivity index (χ2v) is 6.70. The van der Waals surface area contributed by atoms with Crippen LogP contribution < -0.4 is 16.2 Å². The molecule has 2 aromatic carbocycles. The van der Waals surface area contributed by atoms with Crippen LogP contribution in [0.15, 0.2) is 30.6 Å². The number of aryl methyl sites for hydroxylation is 2. The summed E-state index contributed by atoms with van der Waals surface area (Å²) >= 11 is 0. The summed E-state index contributed by atoms with van der Waals surface area (Å²) in [5, 5.41) is 0.688. The van der Waals surface area contributed by atoms with E-state index >= 15 is 0 Å². The van der Waals surface area contributed by atoms with Crippen molar-refractivity contribution >= 4 is 33.7 Å². The Morgan fingerprint density at radius 1 is 1.19 bits per heavy atom. The van der Waals surface area contributed by atoms with Crippen LogP contribution in [0.1, 0.15) is 21.5 Å². The van der Waals surface area contributed by atoms with Gasteiger partial charge in [0.05, 0.1) is 35.7 Å². The first-order valence-electron chi connectivity index (χ1n) is 8.55. The number of anilines is 1. The first-order chi connectivity index (χ1) is 12.9. The number of carbonyl (C=O) groups is 1. The third-order valence-electron chi connectivity index (χ3n) is 5.13. The summed E-state index contributed by atoms with van der Waals surface area (Å²) < 4.78 is 9.30. The van der Waals surface area contributed by atoms with Crippen molar-refractivity contribution in [2.45, 2.75) is 13.8 Å². The predicted molar refractivity (Wildman–Crippen MR) is 107 cm³/mol. The first-order valence-corrected chi connectivity index (χ1v) is 8.55. The molecule has 0 fully saturated rings. The monoisotopic (exact) mass is 363 g/mol. The van der Waals surface area contributed by atoms with E-state index in [1.54, 1.807) is 13.4 Å². The van der Waals surface area contributed by atoms with Gasteiger partial charge < -0.3 is 20.8 Å². The van der Waals surface area contributed by atoms with Crippen LogP contribution in [0, 0.1) is 13.8 Å². The third kappa shape index (κ3) is 2.21. The number of hydrogen-bond donors (Lipinski definition) is 2. The van der Waals surface area contributed by atoms with Crippen LogP contribution in [0.25, 0.3) is 27.6 Å². The molecule has 4 N–H and O–H groups in total. The summed E-state index contributed by atoms with van der Waals surface area (Å²) in [5.74, 6) is 0.477. The molecule has 0 radical (unpaired) electrons. The number of carbonyl (C=O) groups excluding carboxylic acids is 1. The summed E-state index contributed by atoms with van der Waals surface area (Å²) in [6, 6.07) is 7.68. The topological polar surface area (TPSA) is 101 Å². The molecule has 0 saturated heterocycles. The molecule has 0 aliphatic rings. The van der Waals surface area contributed by atoms with Crippen molar-refractivity contribution in [3.05, 3.63) is 47.3 Å². The highest BCUT2D eigenvalue weighted by Gasteiger charge is 2.25. The molecule has 0 aliphatic heterocycles. The maximum atomic E-state index is 12.2. The van der Waals surface area contributed by atoms with Crippen molar-refractivity contribution in [3.8, 4) is 11.4 Å². The fourth-order valence-corrected chi connectivity index (χ4v) is 3.86. The van der Waals surface area contributed by atoms with Gasteiger partial charge in [0.25, 0.3) is 5.91 Å². The zero-order valence-electron chi connectivity index (χ0n) is 15.7. The van der Waals surface area contributed by atoms with Crippen molar-refractivity contribution in [1.82, 2.24) is 14.1 Å². The zero-order chi connectivity index (χ0) is 19.5. The molecule has 138 valence electrons. The van der Waals surface area contributed by atoms with E-state index in [2.05, 4.69) is 4.98 Å². The van der Waals surface area contributed by atoms with Gasteiger partial charge in [-0.25, -0.2) is 4.98 Å². The lowest BCUT2D eigenvalue weighted by atomic mass is 10.1. The first kappa shape index (κ1) is 17.0. The number of rotatable bonds is 3. The molecule has 2 heterocycles. The molecule has 4 rings (SSSR count). The van der Waals surface area contributed by atoms with Crippen LogP contribution in [-0.2, 0) is 7.05 Å². The fraction of sp³-hybridized carbons (Fsp3) is 0.200. The van der Waals surface area contributed by atoms with Crippen LogP contribution in [0.3, 0.4) is 0 Å². The van der Waals surface area contributed by atoms with E-state index in [0.29, 0.717) is 16.8 Å². The number of hydrogen-bond acceptors (Lipinski definition) is 4. The van der Waals surface area contributed by atoms with E-state index in [9.17, 15) is 4.79 Å². The van der Waals surface area contributed by atoms with Crippen molar-refractivity contribution in [2.75, 3.05) is 12.8 Å². The molecule has 4 aromatic rings. The Kier molecular flexibility index (Phi) is 3.62. The van der Waals surface area contributed by atoms with Crippen molar-refractivity contribution in [2.24, 2.45) is 12.8 Å².